The summed E-state index contributed by atoms with van der Waals surface area (Å²) < 4.78 is 23.0. The second-order valence-corrected chi connectivity index (χ2v) is 3.40. The van der Waals surface area contributed by atoms with Crippen LogP contribution in [0.4, 0.5) is 4.39 Å². The lowest BCUT2D eigenvalue weighted by Crippen LogP contribution is -2.26. The van der Waals surface area contributed by atoms with E-state index in [1.807, 2.05) is 0 Å². The van der Waals surface area contributed by atoms with Crippen LogP contribution in [-0.2, 0) is 14.4 Å². The van der Waals surface area contributed by atoms with Crippen LogP contribution in [0.2, 0.25) is 0 Å². The molecule has 100 valence electrons. The first-order chi connectivity index (χ1) is 8.74. The molecule has 0 heterocycles. The van der Waals surface area contributed by atoms with Crippen LogP contribution < -0.4 is 10.2 Å². The first kappa shape index (κ1) is 14.4. The van der Waals surface area contributed by atoms with Crippen molar-refractivity contribution in [1.29, 1.82) is 0 Å². The Morgan fingerprint density at radius 2 is 2.06 bits per heavy atom. The van der Waals surface area contributed by atoms with Gasteiger partial charge in [0.25, 0.3) is 0 Å². The Hall–Kier alpha value is -1.66. The van der Waals surface area contributed by atoms with Gasteiger partial charge in [-0.25, -0.2) is 9.87 Å². The van der Waals surface area contributed by atoms with Crippen molar-refractivity contribution in [3.8, 4) is 5.75 Å². The van der Waals surface area contributed by atoms with Gasteiger partial charge in [-0.05, 0) is 12.1 Å². The van der Waals surface area contributed by atoms with E-state index < -0.39 is 5.82 Å². The summed E-state index contributed by atoms with van der Waals surface area (Å²) in [5.74, 6) is -0.651. The number of hydrogen-bond donors (Lipinski definition) is 1. The maximum Gasteiger partial charge on any atom is 0.246 e. The number of carbonyl (C=O) groups is 1. The fraction of sp³-hybridized carbons (Fsp3) is 0.417. The van der Waals surface area contributed by atoms with Crippen LogP contribution in [0.5, 0.6) is 5.75 Å². The van der Waals surface area contributed by atoms with Crippen LogP contribution in [0.25, 0.3) is 0 Å². The molecule has 0 aliphatic rings. The van der Waals surface area contributed by atoms with Gasteiger partial charge in [0, 0.05) is 7.11 Å². The number of carbonyl (C=O) groups excluding carboxylic acids is 1. The van der Waals surface area contributed by atoms with Crippen molar-refractivity contribution in [3.63, 3.8) is 0 Å². The number of para-hydroxylation sites is 1. The number of rotatable bonds is 8. The highest BCUT2D eigenvalue weighted by molar-refractivity contribution is 5.74. The summed E-state index contributed by atoms with van der Waals surface area (Å²) >= 11 is 0. The lowest BCUT2D eigenvalue weighted by atomic mass is 10.3. The Morgan fingerprint density at radius 3 is 2.78 bits per heavy atom. The quantitative estimate of drug-likeness (QED) is 0.563. The van der Waals surface area contributed by atoms with Crippen LogP contribution in [-0.4, -0.2) is 32.8 Å². The zero-order valence-corrected chi connectivity index (χ0v) is 10.1. The molecule has 5 nitrogen and oxygen atoms in total. The number of hydroxylamine groups is 1. The Balaban J connectivity index is 2.14. The van der Waals surface area contributed by atoms with Gasteiger partial charge in [0.15, 0.2) is 11.6 Å². The molecule has 0 fully saturated rings. The predicted octanol–water partition coefficient (Wildman–Crippen LogP) is 1.29. The number of hydrogen-bond acceptors (Lipinski definition) is 4. The zero-order chi connectivity index (χ0) is 13.2. The van der Waals surface area contributed by atoms with E-state index in [0.717, 1.165) is 0 Å². The molecule has 1 aromatic carbocycles. The summed E-state index contributed by atoms with van der Waals surface area (Å²) in [6.07, 6.45) is 0.0846. The van der Waals surface area contributed by atoms with Gasteiger partial charge >= 0.3 is 0 Å². The lowest BCUT2D eigenvalue weighted by Gasteiger charge is -2.07. The van der Waals surface area contributed by atoms with E-state index in [1.54, 1.807) is 12.1 Å². The number of nitrogens with one attached hydrogen (secondary N) is 1. The van der Waals surface area contributed by atoms with E-state index in [0.29, 0.717) is 6.61 Å². The Bertz CT molecular complexity index is 373. The van der Waals surface area contributed by atoms with Gasteiger partial charge in [0.1, 0.15) is 0 Å². The van der Waals surface area contributed by atoms with Crippen LogP contribution >= 0.6 is 0 Å². The first-order valence-corrected chi connectivity index (χ1v) is 5.51. The van der Waals surface area contributed by atoms with Crippen molar-refractivity contribution < 1.29 is 23.5 Å². The van der Waals surface area contributed by atoms with E-state index in [9.17, 15) is 9.18 Å². The summed E-state index contributed by atoms with van der Waals surface area (Å²) in [6, 6.07) is 6.02. The van der Waals surface area contributed by atoms with Crippen molar-refractivity contribution >= 4 is 5.91 Å². The summed E-state index contributed by atoms with van der Waals surface area (Å²) in [6.45, 7) is 0.753. The number of amides is 1. The molecule has 0 saturated heterocycles. The largest absolute Gasteiger partial charge is 0.490 e. The molecule has 0 spiro atoms. The van der Waals surface area contributed by atoms with Crippen LogP contribution in [0.3, 0.4) is 0 Å². The van der Waals surface area contributed by atoms with Crippen LogP contribution in [0.1, 0.15) is 6.42 Å². The fourth-order valence-corrected chi connectivity index (χ4v) is 1.12. The SMILES string of the molecule is COCCONC(=O)CCOc1ccccc1F. The van der Waals surface area contributed by atoms with Crippen LogP contribution in [0.15, 0.2) is 24.3 Å². The van der Waals surface area contributed by atoms with E-state index in [4.69, 9.17) is 14.3 Å². The molecular weight excluding hydrogens is 241 g/mol. The molecule has 6 heteroatoms. The molecule has 0 saturated carbocycles. The van der Waals surface area contributed by atoms with Crippen molar-refractivity contribution in [1.82, 2.24) is 5.48 Å². The van der Waals surface area contributed by atoms with Gasteiger partial charge < -0.3 is 9.47 Å². The molecule has 0 bridgehead atoms. The van der Waals surface area contributed by atoms with E-state index in [2.05, 4.69) is 5.48 Å². The van der Waals surface area contributed by atoms with Gasteiger partial charge in [0.2, 0.25) is 5.91 Å². The van der Waals surface area contributed by atoms with E-state index >= 15 is 0 Å². The van der Waals surface area contributed by atoms with Gasteiger partial charge in [-0.3, -0.25) is 9.63 Å². The lowest BCUT2D eigenvalue weighted by molar-refractivity contribution is -0.135. The molecule has 1 aromatic rings. The second kappa shape index (κ2) is 8.43. The van der Waals surface area contributed by atoms with E-state index in [-0.39, 0.29) is 31.3 Å². The third-order valence-electron chi connectivity index (χ3n) is 2.00. The fourth-order valence-electron chi connectivity index (χ4n) is 1.12. The van der Waals surface area contributed by atoms with Crippen molar-refractivity contribution in [2.45, 2.75) is 6.42 Å². The average Bonchev–Trinajstić information content (AvgIpc) is 2.37. The second-order valence-electron chi connectivity index (χ2n) is 3.40. The Kier molecular flexibility index (Phi) is 6.75. The summed E-state index contributed by atoms with van der Waals surface area (Å²) in [7, 11) is 1.54. The molecule has 0 radical (unpaired) electrons. The molecule has 1 N–H and O–H groups in total. The maximum absolute atomic E-state index is 13.1. The molecule has 0 aromatic heterocycles. The number of methoxy groups -OCH3 is 1. The van der Waals surface area contributed by atoms with E-state index in [1.165, 1.54) is 19.2 Å². The predicted molar refractivity (Wildman–Crippen MR) is 62.5 cm³/mol. The molecule has 0 atom stereocenters. The molecule has 1 rings (SSSR count). The van der Waals surface area contributed by atoms with Crippen molar-refractivity contribution in [2.24, 2.45) is 0 Å². The van der Waals surface area contributed by atoms with Gasteiger partial charge in [-0.1, -0.05) is 12.1 Å². The number of ether oxygens (including phenoxy) is 2. The highest BCUT2D eigenvalue weighted by Crippen LogP contribution is 2.15. The first-order valence-electron chi connectivity index (χ1n) is 5.51. The minimum Gasteiger partial charge on any atom is -0.490 e. The highest BCUT2D eigenvalue weighted by atomic mass is 19.1. The molecular formula is C12H16FNO4. The zero-order valence-electron chi connectivity index (χ0n) is 10.1. The molecule has 1 amide bonds. The monoisotopic (exact) mass is 257 g/mol. The number of benzene rings is 1. The van der Waals surface area contributed by atoms with Gasteiger partial charge in [0.05, 0.1) is 26.2 Å². The third kappa shape index (κ3) is 5.60. The van der Waals surface area contributed by atoms with Gasteiger partial charge in [-0.15, -0.1) is 0 Å². The summed E-state index contributed by atoms with van der Waals surface area (Å²) in [5, 5.41) is 0. The Labute approximate surface area is 105 Å². The smallest absolute Gasteiger partial charge is 0.246 e. The molecule has 0 aliphatic heterocycles. The molecule has 0 unspecified atom stereocenters. The average molecular weight is 257 g/mol. The topological polar surface area (TPSA) is 56.8 Å². The Morgan fingerprint density at radius 1 is 1.28 bits per heavy atom. The minimum atomic E-state index is -0.450. The summed E-state index contributed by atoms with van der Waals surface area (Å²) in [5.41, 5.74) is 2.23. The van der Waals surface area contributed by atoms with Crippen LogP contribution in [0, 0.1) is 5.82 Å². The van der Waals surface area contributed by atoms with Gasteiger partial charge in [-0.2, -0.15) is 0 Å². The normalized spacial score (nSPS) is 10.1. The summed E-state index contributed by atoms with van der Waals surface area (Å²) in [4.78, 5) is 16.0. The molecule has 18 heavy (non-hydrogen) atoms. The number of halogens is 1. The van der Waals surface area contributed by atoms with Crippen molar-refractivity contribution in [3.05, 3.63) is 30.1 Å². The highest BCUT2D eigenvalue weighted by Gasteiger charge is 2.04. The minimum absolute atomic E-state index is 0.0837. The van der Waals surface area contributed by atoms with Crippen molar-refractivity contribution in [2.75, 3.05) is 26.9 Å². The maximum atomic E-state index is 13.1. The standard InChI is InChI=1S/C12H16FNO4/c1-16-8-9-18-14-12(15)6-7-17-11-5-3-2-4-10(11)13/h2-5H,6-9H2,1H3,(H,14,15). The molecule has 0 aliphatic carbocycles. The third-order valence-corrected chi connectivity index (χ3v) is 2.00.